The number of methoxy groups -OCH3 is 1. The number of H-pyrrole nitrogens is 1. The quantitative estimate of drug-likeness (QED) is 0.851. The van der Waals surface area contributed by atoms with Gasteiger partial charge >= 0.3 is 0 Å². The van der Waals surface area contributed by atoms with Crippen molar-refractivity contribution in [2.75, 3.05) is 13.7 Å². The van der Waals surface area contributed by atoms with E-state index in [4.69, 9.17) is 21.7 Å². The highest BCUT2D eigenvalue weighted by Crippen LogP contribution is 2.41. The van der Waals surface area contributed by atoms with Gasteiger partial charge in [0.05, 0.1) is 13.2 Å². The molecule has 5 heteroatoms. The van der Waals surface area contributed by atoms with E-state index in [-0.39, 0.29) is 5.60 Å². The van der Waals surface area contributed by atoms with E-state index in [1.807, 2.05) is 0 Å². The Hall–Kier alpha value is -0.780. The van der Waals surface area contributed by atoms with Crippen molar-refractivity contribution in [3.8, 4) is 0 Å². The first-order chi connectivity index (χ1) is 9.64. The Balaban J connectivity index is 2.04. The molecule has 1 saturated carbocycles. The highest BCUT2D eigenvalue weighted by molar-refractivity contribution is 7.71. The minimum absolute atomic E-state index is 0.293. The van der Waals surface area contributed by atoms with Crippen LogP contribution in [0.2, 0.25) is 0 Å². The second kappa shape index (κ2) is 5.54. The third-order valence-electron chi connectivity index (χ3n) is 4.63. The van der Waals surface area contributed by atoms with E-state index in [0.717, 1.165) is 37.3 Å². The van der Waals surface area contributed by atoms with Crippen molar-refractivity contribution in [3.63, 3.8) is 0 Å². The van der Waals surface area contributed by atoms with Crippen molar-refractivity contribution in [2.24, 2.45) is 5.92 Å². The number of nitrogens with zero attached hydrogens (tertiary/aromatic N) is 1. The topological polar surface area (TPSA) is 47.1 Å². The van der Waals surface area contributed by atoms with Crippen LogP contribution in [0.4, 0.5) is 0 Å². The zero-order valence-corrected chi connectivity index (χ0v) is 13.0. The van der Waals surface area contributed by atoms with Crippen LogP contribution in [0.3, 0.4) is 0 Å². The first kappa shape index (κ1) is 14.2. The third kappa shape index (κ3) is 2.43. The summed E-state index contributed by atoms with van der Waals surface area (Å²) in [4.78, 5) is 8.15. The van der Waals surface area contributed by atoms with Gasteiger partial charge in [0.15, 0.2) is 0 Å². The van der Waals surface area contributed by atoms with Crippen molar-refractivity contribution in [1.82, 2.24) is 9.97 Å². The zero-order valence-electron chi connectivity index (χ0n) is 12.2. The maximum absolute atomic E-state index is 5.91. The summed E-state index contributed by atoms with van der Waals surface area (Å²) < 4.78 is 12.1. The largest absolute Gasteiger partial charge is 0.376 e. The lowest BCUT2D eigenvalue weighted by atomic mass is 9.78. The highest BCUT2D eigenvalue weighted by Gasteiger charge is 2.39. The van der Waals surface area contributed by atoms with Gasteiger partial charge in [-0.2, -0.15) is 0 Å². The van der Waals surface area contributed by atoms with Crippen LogP contribution in [0.5, 0.6) is 0 Å². The summed E-state index contributed by atoms with van der Waals surface area (Å²) in [5, 5.41) is 0. The van der Waals surface area contributed by atoms with Crippen LogP contribution in [-0.2, 0) is 28.1 Å². The summed E-state index contributed by atoms with van der Waals surface area (Å²) in [6.45, 7) is 3.61. The lowest BCUT2D eigenvalue weighted by Gasteiger charge is -2.38. The molecule has 2 atom stereocenters. The second-order valence-corrected chi connectivity index (χ2v) is 6.44. The first-order valence-electron chi connectivity index (χ1n) is 7.40. The summed E-state index contributed by atoms with van der Waals surface area (Å²) in [5.74, 6) is 1.57. The standard InChI is InChI=1S/C15H22N2O2S/c1-10-4-3-6-15(8-10,18-2)14-16-12-5-7-19-9-11(12)13(20)17-14/h10H,3-9H2,1-2H3,(H,16,17,20). The Morgan fingerprint density at radius 2 is 2.35 bits per heavy atom. The van der Waals surface area contributed by atoms with Crippen LogP contribution in [0.25, 0.3) is 0 Å². The van der Waals surface area contributed by atoms with Gasteiger partial charge in [-0.05, 0) is 25.2 Å². The molecule has 4 nitrogen and oxygen atoms in total. The molecule has 20 heavy (non-hydrogen) atoms. The molecule has 2 aliphatic rings. The number of aromatic amines is 1. The molecule has 1 aliphatic carbocycles. The van der Waals surface area contributed by atoms with Gasteiger partial charge in [-0.3, -0.25) is 0 Å². The Kier molecular flexibility index (Phi) is 3.93. The average molecular weight is 294 g/mol. The van der Waals surface area contributed by atoms with Crippen LogP contribution in [0.15, 0.2) is 0 Å². The molecule has 1 aliphatic heterocycles. The summed E-state index contributed by atoms with van der Waals surface area (Å²) in [5.41, 5.74) is 1.93. The van der Waals surface area contributed by atoms with Gasteiger partial charge in [0, 0.05) is 24.8 Å². The van der Waals surface area contributed by atoms with E-state index in [9.17, 15) is 0 Å². The lowest BCUT2D eigenvalue weighted by Crippen LogP contribution is -2.37. The van der Waals surface area contributed by atoms with E-state index < -0.39 is 0 Å². The summed E-state index contributed by atoms with van der Waals surface area (Å²) in [6, 6.07) is 0. The van der Waals surface area contributed by atoms with Crippen LogP contribution < -0.4 is 0 Å². The maximum Gasteiger partial charge on any atom is 0.140 e. The Bertz CT molecular complexity index is 557. The number of rotatable bonds is 2. The number of aromatic nitrogens is 2. The molecular formula is C15H22N2O2S. The fourth-order valence-electron chi connectivity index (χ4n) is 3.47. The molecule has 0 radical (unpaired) electrons. The maximum atomic E-state index is 5.91. The molecule has 0 aromatic carbocycles. The average Bonchev–Trinajstić information content (AvgIpc) is 2.47. The fourth-order valence-corrected chi connectivity index (χ4v) is 3.74. The normalized spacial score (nSPS) is 30.0. The van der Waals surface area contributed by atoms with Crippen LogP contribution in [-0.4, -0.2) is 23.7 Å². The summed E-state index contributed by atoms with van der Waals surface area (Å²) >= 11 is 5.46. The van der Waals surface area contributed by atoms with Gasteiger partial charge in [0.2, 0.25) is 0 Å². The molecule has 1 aromatic heterocycles. The molecule has 0 spiro atoms. The Morgan fingerprint density at radius 3 is 3.10 bits per heavy atom. The van der Waals surface area contributed by atoms with Gasteiger partial charge in [-0.1, -0.05) is 25.6 Å². The first-order valence-corrected chi connectivity index (χ1v) is 7.81. The predicted molar refractivity (Wildman–Crippen MR) is 79.1 cm³/mol. The Labute approximate surface area is 124 Å². The summed E-state index contributed by atoms with van der Waals surface area (Å²) in [7, 11) is 1.79. The van der Waals surface area contributed by atoms with E-state index in [1.54, 1.807) is 7.11 Å². The molecule has 1 fully saturated rings. The SMILES string of the molecule is COC1(c2nc(=S)c3c([nH]2)CCOC3)CCCC(C)C1. The second-order valence-electron chi connectivity index (χ2n) is 6.05. The van der Waals surface area contributed by atoms with Gasteiger partial charge in [0.25, 0.3) is 0 Å². The van der Waals surface area contributed by atoms with Crippen molar-refractivity contribution in [3.05, 3.63) is 21.7 Å². The molecule has 1 aromatic rings. The predicted octanol–water partition coefficient (Wildman–Crippen LogP) is 3.26. The van der Waals surface area contributed by atoms with Crippen molar-refractivity contribution in [2.45, 2.75) is 51.2 Å². The minimum atomic E-state index is -0.293. The molecule has 2 unspecified atom stereocenters. The molecule has 110 valence electrons. The van der Waals surface area contributed by atoms with Crippen molar-refractivity contribution >= 4 is 12.2 Å². The van der Waals surface area contributed by atoms with E-state index in [2.05, 4.69) is 16.9 Å². The zero-order chi connectivity index (χ0) is 14.2. The summed E-state index contributed by atoms with van der Waals surface area (Å²) in [6.07, 6.45) is 5.35. The highest BCUT2D eigenvalue weighted by atomic mass is 32.1. The third-order valence-corrected chi connectivity index (χ3v) is 4.96. The number of fused-ring (bicyclic) bond motifs is 1. The van der Waals surface area contributed by atoms with Gasteiger partial charge in [-0.25, -0.2) is 4.98 Å². The van der Waals surface area contributed by atoms with Crippen LogP contribution >= 0.6 is 12.2 Å². The molecule has 0 amide bonds. The van der Waals surface area contributed by atoms with Crippen molar-refractivity contribution in [1.29, 1.82) is 0 Å². The lowest BCUT2D eigenvalue weighted by molar-refractivity contribution is -0.0650. The molecule has 1 N–H and O–H groups in total. The fraction of sp³-hybridized carbons (Fsp3) is 0.733. The van der Waals surface area contributed by atoms with Crippen molar-refractivity contribution < 1.29 is 9.47 Å². The number of hydrogen-bond donors (Lipinski definition) is 1. The van der Waals surface area contributed by atoms with E-state index >= 15 is 0 Å². The molecular weight excluding hydrogens is 272 g/mol. The van der Waals surface area contributed by atoms with E-state index in [0.29, 0.717) is 17.2 Å². The van der Waals surface area contributed by atoms with Crippen LogP contribution in [0, 0.1) is 10.6 Å². The number of hydrogen-bond acceptors (Lipinski definition) is 4. The monoisotopic (exact) mass is 294 g/mol. The molecule has 3 rings (SSSR count). The van der Waals surface area contributed by atoms with Gasteiger partial charge in [0.1, 0.15) is 16.1 Å². The smallest absolute Gasteiger partial charge is 0.140 e. The van der Waals surface area contributed by atoms with Gasteiger partial charge < -0.3 is 14.5 Å². The van der Waals surface area contributed by atoms with Gasteiger partial charge in [-0.15, -0.1) is 0 Å². The van der Waals surface area contributed by atoms with E-state index in [1.165, 1.54) is 18.5 Å². The number of ether oxygens (including phenoxy) is 2. The molecule has 0 bridgehead atoms. The van der Waals surface area contributed by atoms with Crippen LogP contribution in [0.1, 0.15) is 49.7 Å². The molecule has 2 heterocycles. The molecule has 0 saturated heterocycles. The Morgan fingerprint density at radius 1 is 1.50 bits per heavy atom. The number of nitrogens with one attached hydrogen (secondary N) is 1. The minimum Gasteiger partial charge on any atom is -0.376 e.